The predicted molar refractivity (Wildman–Crippen MR) is 150 cm³/mol. The molecule has 3 aromatic carbocycles. The summed E-state index contributed by atoms with van der Waals surface area (Å²) in [5.41, 5.74) is 5.13. The number of amides is 1. The maximum Gasteiger partial charge on any atom is 0.253 e. The predicted octanol–water partition coefficient (Wildman–Crippen LogP) is 5.65. The van der Waals surface area contributed by atoms with Crippen LogP contribution in [0.1, 0.15) is 43.6 Å². The Morgan fingerprint density at radius 2 is 1.62 bits per heavy atom. The van der Waals surface area contributed by atoms with Crippen LogP contribution in [0.25, 0.3) is 11.1 Å². The molecule has 0 unspecified atom stereocenters. The molecule has 3 aromatic rings. The van der Waals surface area contributed by atoms with Gasteiger partial charge >= 0.3 is 0 Å². The van der Waals surface area contributed by atoms with Crippen LogP contribution in [0, 0.1) is 0 Å². The lowest BCUT2D eigenvalue weighted by Gasteiger charge is -2.36. The van der Waals surface area contributed by atoms with Crippen molar-refractivity contribution in [2.75, 3.05) is 44.2 Å². The van der Waals surface area contributed by atoms with Crippen molar-refractivity contribution in [1.29, 1.82) is 0 Å². The van der Waals surface area contributed by atoms with Gasteiger partial charge < -0.3 is 19.6 Å². The maximum atomic E-state index is 12.6. The molecule has 37 heavy (non-hydrogen) atoms. The molecule has 0 radical (unpaired) electrons. The number of anilines is 1. The Kier molecular flexibility index (Phi) is 8.72. The van der Waals surface area contributed by atoms with Gasteiger partial charge in [0.1, 0.15) is 11.5 Å². The highest BCUT2D eigenvalue weighted by atomic mass is 16.5. The molecule has 0 saturated carbocycles. The number of aromatic hydroxyl groups is 1. The van der Waals surface area contributed by atoms with Crippen molar-refractivity contribution < 1.29 is 14.6 Å². The quantitative estimate of drug-likeness (QED) is 0.411. The number of hydrogen-bond acceptors (Lipinski definition) is 5. The SMILES string of the molecule is CCN(CC)C(=O)c1ccc(N2CCN(Cc3cc(OC(C)C)cc(-c4cccc(O)c4)c3)CC2)cc1. The van der Waals surface area contributed by atoms with E-state index >= 15 is 0 Å². The Morgan fingerprint density at radius 3 is 2.24 bits per heavy atom. The fourth-order valence-corrected chi connectivity index (χ4v) is 4.87. The molecular formula is C31H39N3O3. The van der Waals surface area contributed by atoms with E-state index in [-0.39, 0.29) is 17.8 Å². The molecule has 1 aliphatic rings. The van der Waals surface area contributed by atoms with E-state index in [1.165, 1.54) is 5.56 Å². The van der Waals surface area contributed by atoms with E-state index in [1.807, 2.05) is 62.9 Å². The van der Waals surface area contributed by atoms with Crippen LogP contribution in [-0.2, 0) is 6.54 Å². The van der Waals surface area contributed by atoms with E-state index < -0.39 is 0 Å². The van der Waals surface area contributed by atoms with Gasteiger partial charge in [-0.1, -0.05) is 12.1 Å². The van der Waals surface area contributed by atoms with E-state index in [0.29, 0.717) is 0 Å². The molecule has 1 heterocycles. The summed E-state index contributed by atoms with van der Waals surface area (Å²) in [5, 5.41) is 9.96. The summed E-state index contributed by atoms with van der Waals surface area (Å²) >= 11 is 0. The van der Waals surface area contributed by atoms with Crippen LogP contribution >= 0.6 is 0 Å². The lowest BCUT2D eigenvalue weighted by molar-refractivity contribution is 0.0773. The molecule has 0 spiro atoms. The molecule has 6 heteroatoms. The van der Waals surface area contributed by atoms with E-state index in [2.05, 4.69) is 34.1 Å². The number of hydrogen-bond donors (Lipinski definition) is 1. The van der Waals surface area contributed by atoms with Crippen molar-refractivity contribution in [2.24, 2.45) is 0 Å². The van der Waals surface area contributed by atoms with Crippen LogP contribution in [-0.4, -0.2) is 66.2 Å². The summed E-state index contributed by atoms with van der Waals surface area (Å²) in [5.74, 6) is 1.20. The van der Waals surface area contributed by atoms with E-state index in [0.717, 1.165) is 73.9 Å². The first-order valence-corrected chi connectivity index (χ1v) is 13.3. The van der Waals surface area contributed by atoms with Crippen molar-refractivity contribution in [3.05, 3.63) is 77.9 Å². The number of phenolic OH excluding ortho intramolecular Hbond substituents is 1. The minimum absolute atomic E-state index is 0.0875. The summed E-state index contributed by atoms with van der Waals surface area (Å²) in [6, 6.07) is 21.8. The number of nitrogens with zero attached hydrogens (tertiary/aromatic N) is 3. The number of carbonyl (C=O) groups excluding carboxylic acids is 1. The zero-order valence-electron chi connectivity index (χ0n) is 22.5. The number of benzene rings is 3. The number of rotatable bonds is 9. The van der Waals surface area contributed by atoms with Crippen molar-refractivity contribution in [2.45, 2.75) is 40.3 Å². The topological polar surface area (TPSA) is 56.3 Å². The minimum Gasteiger partial charge on any atom is -0.508 e. The van der Waals surface area contributed by atoms with Crippen molar-refractivity contribution in [3.8, 4) is 22.6 Å². The van der Waals surface area contributed by atoms with Crippen molar-refractivity contribution in [3.63, 3.8) is 0 Å². The fraction of sp³-hybridized carbons (Fsp3) is 0.387. The number of ether oxygens (including phenoxy) is 1. The second-order valence-corrected chi connectivity index (χ2v) is 9.87. The van der Waals surface area contributed by atoms with E-state index in [1.54, 1.807) is 12.1 Å². The normalized spacial score (nSPS) is 14.1. The number of piperazine rings is 1. The standard InChI is InChI=1S/C31H39N3O3/c1-5-33(6-2)31(36)25-10-12-28(13-11-25)34-16-14-32(15-17-34)22-24-18-27(21-30(19-24)37-23(3)4)26-8-7-9-29(35)20-26/h7-13,18-21,23,35H,5-6,14-17,22H2,1-4H3. The number of phenols is 1. The van der Waals surface area contributed by atoms with Gasteiger partial charge in [-0.15, -0.1) is 0 Å². The second kappa shape index (κ2) is 12.2. The largest absolute Gasteiger partial charge is 0.508 e. The van der Waals surface area contributed by atoms with Gasteiger partial charge in [-0.05, 0) is 99.0 Å². The Labute approximate surface area is 221 Å². The highest BCUT2D eigenvalue weighted by Crippen LogP contribution is 2.30. The zero-order chi connectivity index (χ0) is 26.4. The zero-order valence-corrected chi connectivity index (χ0v) is 22.5. The van der Waals surface area contributed by atoms with Gasteiger partial charge in [0.2, 0.25) is 0 Å². The summed E-state index contributed by atoms with van der Waals surface area (Å²) in [7, 11) is 0. The van der Waals surface area contributed by atoms with Gasteiger partial charge in [0, 0.05) is 57.1 Å². The maximum absolute atomic E-state index is 12.6. The smallest absolute Gasteiger partial charge is 0.253 e. The molecule has 0 aromatic heterocycles. The molecule has 0 atom stereocenters. The molecule has 0 bridgehead atoms. The van der Waals surface area contributed by atoms with Crippen LogP contribution in [0.4, 0.5) is 5.69 Å². The molecule has 0 aliphatic carbocycles. The van der Waals surface area contributed by atoms with Gasteiger partial charge in [-0.3, -0.25) is 9.69 Å². The Balaban J connectivity index is 1.41. The van der Waals surface area contributed by atoms with Gasteiger partial charge in [0.25, 0.3) is 5.91 Å². The van der Waals surface area contributed by atoms with Crippen molar-refractivity contribution in [1.82, 2.24) is 9.80 Å². The van der Waals surface area contributed by atoms with Gasteiger partial charge in [0.15, 0.2) is 0 Å². The van der Waals surface area contributed by atoms with Crippen LogP contribution in [0.2, 0.25) is 0 Å². The monoisotopic (exact) mass is 501 g/mol. The lowest BCUT2D eigenvalue weighted by atomic mass is 10.0. The highest BCUT2D eigenvalue weighted by Gasteiger charge is 2.19. The molecule has 6 nitrogen and oxygen atoms in total. The van der Waals surface area contributed by atoms with Crippen LogP contribution < -0.4 is 9.64 Å². The molecule has 1 N–H and O–H groups in total. The Morgan fingerprint density at radius 1 is 0.919 bits per heavy atom. The first-order valence-electron chi connectivity index (χ1n) is 13.3. The average Bonchev–Trinajstić information content (AvgIpc) is 2.89. The average molecular weight is 502 g/mol. The molecule has 196 valence electrons. The Hall–Kier alpha value is -3.51. The van der Waals surface area contributed by atoms with E-state index in [4.69, 9.17) is 4.74 Å². The molecule has 1 saturated heterocycles. The van der Waals surface area contributed by atoms with Crippen LogP contribution in [0.3, 0.4) is 0 Å². The molecule has 1 aliphatic heterocycles. The summed E-state index contributed by atoms with van der Waals surface area (Å²) in [6.45, 7) is 14.2. The first-order chi connectivity index (χ1) is 17.9. The highest BCUT2D eigenvalue weighted by molar-refractivity contribution is 5.94. The molecular weight excluding hydrogens is 462 g/mol. The third-order valence-electron chi connectivity index (χ3n) is 6.83. The first kappa shape index (κ1) is 26.6. The third kappa shape index (κ3) is 6.83. The fourth-order valence-electron chi connectivity index (χ4n) is 4.87. The van der Waals surface area contributed by atoms with E-state index in [9.17, 15) is 9.90 Å². The minimum atomic E-state index is 0.0875. The summed E-state index contributed by atoms with van der Waals surface area (Å²) < 4.78 is 6.05. The van der Waals surface area contributed by atoms with Crippen LogP contribution in [0.5, 0.6) is 11.5 Å². The third-order valence-corrected chi connectivity index (χ3v) is 6.83. The van der Waals surface area contributed by atoms with Gasteiger partial charge in [0.05, 0.1) is 6.10 Å². The molecule has 1 fully saturated rings. The summed E-state index contributed by atoms with van der Waals surface area (Å²) in [4.78, 5) is 19.3. The summed E-state index contributed by atoms with van der Waals surface area (Å²) in [6.07, 6.45) is 0.0875. The van der Waals surface area contributed by atoms with Crippen molar-refractivity contribution >= 4 is 11.6 Å². The Bertz CT molecular complexity index is 1180. The second-order valence-electron chi connectivity index (χ2n) is 9.87. The molecule has 1 amide bonds. The van der Waals surface area contributed by atoms with Crippen LogP contribution in [0.15, 0.2) is 66.7 Å². The molecule has 4 rings (SSSR count). The van der Waals surface area contributed by atoms with Gasteiger partial charge in [-0.25, -0.2) is 0 Å². The lowest BCUT2D eigenvalue weighted by Crippen LogP contribution is -2.46. The number of carbonyl (C=O) groups is 1. The van der Waals surface area contributed by atoms with Gasteiger partial charge in [-0.2, -0.15) is 0 Å².